The molecule has 6 nitrogen and oxygen atoms in total. The van der Waals surface area contributed by atoms with Crippen LogP contribution in [0.3, 0.4) is 0 Å². The summed E-state index contributed by atoms with van der Waals surface area (Å²) in [6.45, 7) is 10.8. The third-order valence-corrected chi connectivity index (χ3v) is 2.66. The third kappa shape index (κ3) is 5.78. The van der Waals surface area contributed by atoms with Crippen LogP contribution < -0.4 is 5.32 Å². The van der Waals surface area contributed by atoms with Gasteiger partial charge < -0.3 is 14.5 Å². The van der Waals surface area contributed by atoms with Gasteiger partial charge in [0.05, 0.1) is 0 Å². The fourth-order valence-electron chi connectivity index (χ4n) is 1.13. The first-order valence-corrected chi connectivity index (χ1v) is 6.87. The van der Waals surface area contributed by atoms with Crippen LogP contribution in [0.2, 0.25) is 0 Å². The molecule has 1 heterocycles. The first-order chi connectivity index (χ1) is 8.81. The number of nitrogens with zero attached hydrogens (tertiary/aromatic N) is 2. The molecule has 1 amide bonds. The van der Waals surface area contributed by atoms with Crippen LogP contribution in [0, 0.1) is 0 Å². The lowest BCUT2D eigenvalue weighted by Gasteiger charge is -2.20. The smallest absolute Gasteiger partial charge is 0.408 e. The molecule has 1 aromatic heterocycles. The molecule has 0 saturated heterocycles. The second kappa shape index (κ2) is 6.60. The highest BCUT2D eigenvalue weighted by Gasteiger charge is 2.21. The molecule has 0 aromatic carbocycles. The molecule has 106 valence electrons. The number of nitrogens with one attached hydrogen (secondary N) is 1. The molecule has 1 rings (SSSR count). The van der Waals surface area contributed by atoms with E-state index in [-0.39, 0.29) is 0 Å². The molecule has 0 aliphatic carbocycles. The van der Waals surface area contributed by atoms with Crippen molar-refractivity contribution in [1.82, 2.24) is 15.5 Å². The predicted octanol–water partition coefficient (Wildman–Crippen LogP) is 2.93. The second-order valence-electron chi connectivity index (χ2n) is 4.87. The number of thioether (sulfide) groups is 1. The van der Waals surface area contributed by atoms with E-state index in [0.29, 0.717) is 16.9 Å². The molecule has 0 fully saturated rings. The summed E-state index contributed by atoms with van der Waals surface area (Å²) in [4.78, 5) is 11.6. The predicted molar refractivity (Wildman–Crippen MR) is 73.0 cm³/mol. The van der Waals surface area contributed by atoms with E-state index in [4.69, 9.17) is 9.15 Å². The summed E-state index contributed by atoms with van der Waals surface area (Å²) in [5, 5.41) is 10.8. The van der Waals surface area contributed by atoms with Crippen LogP contribution in [0.4, 0.5) is 4.79 Å². The van der Waals surface area contributed by atoms with Gasteiger partial charge in [-0.25, -0.2) is 4.79 Å². The fourth-order valence-corrected chi connectivity index (χ4v) is 1.63. The average Bonchev–Trinajstić information content (AvgIpc) is 2.72. The summed E-state index contributed by atoms with van der Waals surface area (Å²) in [6.07, 6.45) is 1.23. The SMILES string of the molecule is C=CCSc1nnc(C(C)NC(=O)OC(C)(C)C)o1. The molecule has 1 atom stereocenters. The Kier molecular flexibility index (Phi) is 5.41. The van der Waals surface area contributed by atoms with Crippen LogP contribution in [0.25, 0.3) is 0 Å². The number of aromatic nitrogens is 2. The minimum absolute atomic E-state index is 0.345. The topological polar surface area (TPSA) is 77.2 Å². The van der Waals surface area contributed by atoms with Crippen LogP contribution >= 0.6 is 11.8 Å². The summed E-state index contributed by atoms with van der Waals surface area (Å²) in [5.41, 5.74) is -0.538. The Balaban J connectivity index is 2.53. The Morgan fingerprint density at radius 1 is 1.58 bits per heavy atom. The maximum Gasteiger partial charge on any atom is 0.408 e. The molecule has 0 bridgehead atoms. The number of ether oxygens (including phenoxy) is 1. The molecule has 0 aliphatic heterocycles. The Bertz CT molecular complexity index is 440. The van der Waals surface area contributed by atoms with Crippen molar-refractivity contribution in [3.63, 3.8) is 0 Å². The van der Waals surface area contributed by atoms with Crippen molar-refractivity contribution >= 4 is 17.9 Å². The number of amides is 1. The zero-order valence-electron chi connectivity index (χ0n) is 11.6. The van der Waals surface area contributed by atoms with Crippen LogP contribution in [-0.2, 0) is 4.74 Å². The van der Waals surface area contributed by atoms with Crippen molar-refractivity contribution in [1.29, 1.82) is 0 Å². The Hall–Kier alpha value is -1.50. The average molecular weight is 285 g/mol. The van der Waals surface area contributed by atoms with Crippen molar-refractivity contribution < 1.29 is 13.9 Å². The number of hydrogen-bond donors (Lipinski definition) is 1. The fraction of sp³-hybridized carbons (Fsp3) is 0.583. The highest BCUT2D eigenvalue weighted by atomic mass is 32.2. The number of alkyl carbamates (subject to hydrolysis) is 1. The lowest BCUT2D eigenvalue weighted by Crippen LogP contribution is -2.34. The van der Waals surface area contributed by atoms with Crippen molar-refractivity contribution in [2.75, 3.05) is 5.75 Å². The highest BCUT2D eigenvalue weighted by molar-refractivity contribution is 7.99. The molecule has 0 spiro atoms. The molecule has 0 saturated carbocycles. The number of carbonyl (C=O) groups is 1. The molecule has 1 N–H and O–H groups in total. The first kappa shape index (κ1) is 15.6. The van der Waals surface area contributed by atoms with E-state index in [1.54, 1.807) is 33.8 Å². The standard InChI is InChI=1S/C12H19N3O3S/c1-6-7-19-11-15-14-9(17-11)8(2)13-10(16)18-12(3,4)5/h6,8H,1,7H2,2-5H3,(H,13,16). The van der Waals surface area contributed by atoms with Gasteiger partial charge in [-0.05, 0) is 27.7 Å². The Morgan fingerprint density at radius 2 is 2.26 bits per heavy atom. The minimum atomic E-state index is -0.538. The highest BCUT2D eigenvalue weighted by Crippen LogP contribution is 2.19. The van der Waals surface area contributed by atoms with Crippen molar-refractivity contribution in [2.45, 2.75) is 44.6 Å². The Morgan fingerprint density at radius 3 is 2.84 bits per heavy atom. The monoisotopic (exact) mass is 285 g/mol. The van der Waals surface area contributed by atoms with E-state index in [2.05, 4.69) is 22.1 Å². The van der Waals surface area contributed by atoms with E-state index in [0.717, 1.165) is 0 Å². The van der Waals surface area contributed by atoms with Gasteiger partial charge in [0.2, 0.25) is 5.89 Å². The van der Waals surface area contributed by atoms with Gasteiger partial charge >= 0.3 is 6.09 Å². The number of hydrogen-bond acceptors (Lipinski definition) is 6. The van der Waals surface area contributed by atoms with Gasteiger partial charge in [0.25, 0.3) is 5.22 Å². The lowest BCUT2D eigenvalue weighted by atomic mass is 10.2. The molecule has 7 heteroatoms. The van der Waals surface area contributed by atoms with Gasteiger partial charge in [-0.2, -0.15) is 0 Å². The molecular weight excluding hydrogens is 266 g/mol. The first-order valence-electron chi connectivity index (χ1n) is 5.88. The van der Waals surface area contributed by atoms with Crippen LogP contribution in [0.1, 0.15) is 39.6 Å². The molecule has 19 heavy (non-hydrogen) atoms. The zero-order chi connectivity index (χ0) is 14.5. The maximum absolute atomic E-state index is 11.6. The summed E-state index contributed by atoms with van der Waals surface area (Å²) in [7, 11) is 0. The molecular formula is C12H19N3O3S. The van der Waals surface area contributed by atoms with Gasteiger partial charge in [0.15, 0.2) is 0 Å². The van der Waals surface area contributed by atoms with Crippen molar-refractivity contribution in [2.24, 2.45) is 0 Å². The molecule has 0 radical (unpaired) electrons. The van der Waals surface area contributed by atoms with Gasteiger partial charge in [-0.1, -0.05) is 17.8 Å². The third-order valence-electron chi connectivity index (χ3n) is 1.85. The second-order valence-corrected chi connectivity index (χ2v) is 5.85. The van der Waals surface area contributed by atoms with Crippen LogP contribution in [-0.4, -0.2) is 27.6 Å². The van der Waals surface area contributed by atoms with Crippen molar-refractivity contribution in [3.05, 3.63) is 18.5 Å². The van der Waals surface area contributed by atoms with Crippen molar-refractivity contribution in [3.8, 4) is 0 Å². The van der Waals surface area contributed by atoms with E-state index < -0.39 is 17.7 Å². The van der Waals surface area contributed by atoms with E-state index >= 15 is 0 Å². The van der Waals surface area contributed by atoms with Gasteiger partial charge in [0, 0.05) is 5.75 Å². The molecule has 0 aliphatic rings. The van der Waals surface area contributed by atoms with Crippen LogP contribution in [0.15, 0.2) is 22.3 Å². The molecule has 1 aromatic rings. The van der Waals surface area contributed by atoms with Gasteiger partial charge in [0.1, 0.15) is 11.6 Å². The molecule has 1 unspecified atom stereocenters. The van der Waals surface area contributed by atoms with E-state index in [1.807, 2.05) is 0 Å². The largest absolute Gasteiger partial charge is 0.444 e. The normalized spacial score (nSPS) is 12.8. The number of carbonyl (C=O) groups excluding carboxylic acids is 1. The lowest BCUT2D eigenvalue weighted by molar-refractivity contribution is 0.0500. The minimum Gasteiger partial charge on any atom is -0.444 e. The summed E-state index contributed by atoms with van der Waals surface area (Å²) >= 11 is 1.39. The summed E-state index contributed by atoms with van der Waals surface area (Å²) in [6, 6.07) is -0.402. The Labute approximate surface area is 117 Å². The zero-order valence-corrected chi connectivity index (χ0v) is 12.4. The quantitative estimate of drug-likeness (QED) is 0.662. The van der Waals surface area contributed by atoms with E-state index in [9.17, 15) is 4.79 Å². The van der Waals surface area contributed by atoms with Crippen LogP contribution in [0.5, 0.6) is 0 Å². The summed E-state index contributed by atoms with van der Waals surface area (Å²) in [5.74, 6) is 1.03. The summed E-state index contributed by atoms with van der Waals surface area (Å²) < 4.78 is 10.5. The van der Waals surface area contributed by atoms with Gasteiger partial charge in [-0.3, -0.25) is 0 Å². The maximum atomic E-state index is 11.6. The van der Waals surface area contributed by atoms with Gasteiger partial charge in [-0.15, -0.1) is 16.8 Å². The van der Waals surface area contributed by atoms with E-state index in [1.165, 1.54) is 11.8 Å². The number of rotatable bonds is 5.